The molecule has 0 amide bonds. The number of halogens is 1. The first-order chi connectivity index (χ1) is 8.61. The van der Waals surface area contributed by atoms with Crippen LogP contribution in [0.3, 0.4) is 0 Å². The second kappa shape index (κ2) is 5.64. The average molecular weight is 275 g/mol. The molecule has 1 unspecified atom stereocenters. The fraction of sp³-hybridized carbons (Fsp3) is 0.700. The van der Waals surface area contributed by atoms with E-state index in [1.165, 1.54) is 0 Å². The van der Waals surface area contributed by atoms with Gasteiger partial charge < -0.3 is 19.9 Å². The Hall–Kier alpha value is -1.18. The van der Waals surface area contributed by atoms with Crippen LogP contribution in [0.25, 0.3) is 0 Å². The Morgan fingerprint density at radius 3 is 3.00 bits per heavy atom. The Balaban J connectivity index is 2.00. The summed E-state index contributed by atoms with van der Waals surface area (Å²) in [5.74, 6) is 0.277. The topological polar surface area (TPSA) is 89.4 Å². The summed E-state index contributed by atoms with van der Waals surface area (Å²) >= 11 is 5.75. The van der Waals surface area contributed by atoms with E-state index in [9.17, 15) is 5.11 Å². The molecule has 0 radical (unpaired) electrons. The van der Waals surface area contributed by atoms with Gasteiger partial charge in [-0.3, -0.25) is 0 Å². The predicted molar refractivity (Wildman–Crippen MR) is 64.9 cm³/mol. The molecule has 1 atom stereocenters. The third kappa shape index (κ3) is 3.41. The smallest absolute Gasteiger partial charge is 0.322 e. The molecular formula is C10H15ClN4O3. The molecule has 1 saturated heterocycles. The molecule has 1 aromatic rings. The standard InChI is InChI=1S/C10H15ClN4O3/c1-2-18-9-14-7(11)13-8(15-9)12-5-10(16)3-4-17-6-10/h16H,2-6H2,1H3,(H,12,13,14,15). The number of nitrogens with one attached hydrogen (secondary N) is 1. The maximum atomic E-state index is 10.1. The van der Waals surface area contributed by atoms with Gasteiger partial charge in [0.05, 0.1) is 13.2 Å². The number of anilines is 1. The maximum Gasteiger partial charge on any atom is 0.322 e. The van der Waals surface area contributed by atoms with Crippen LogP contribution >= 0.6 is 11.6 Å². The van der Waals surface area contributed by atoms with E-state index in [0.717, 1.165) is 0 Å². The largest absolute Gasteiger partial charge is 0.464 e. The van der Waals surface area contributed by atoms with E-state index >= 15 is 0 Å². The molecule has 0 saturated carbocycles. The summed E-state index contributed by atoms with van der Waals surface area (Å²) in [6.45, 7) is 3.41. The van der Waals surface area contributed by atoms with Crippen molar-refractivity contribution in [1.29, 1.82) is 0 Å². The molecule has 2 N–H and O–H groups in total. The lowest BCUT2D eigenvalue weighted by atomic mass is 10.0. The van der Waals surface area contributed by atoms with Crippen molar-refractivity contribution in [2.24, 2.45) is 0 Å². The monoisotopic (exact) mass is 274 g/mol. The van der Waals surface area contributed by atoms with Crippen molar-refractivity contribution in [3.05, 3.63) is 5.28 Å². The van der Waals surface area contributed by atoms with E-state index in [2.05, 4.69) is 20.3 Å². The fourth-order valence-electron chi connectivity index (χ4n) is 1.58. The Labute approximate surface area is 110 Å². The number of aliphatic hydroxyl groups is 1. The number of hydrogen-bond donors (Lipinski definition) is 2. The van der Waals surface area contributed by atoms with Crippen molar-refractivity contribution < 1.29 is 14.6 Å². The minimum atomic E-state index is -0.884. The molecule has 0 spiro atoms. The van der Waals surface area contributed by atoms with Crippen molar-refractivity contribution in [2.75, 3.05) is 31.7 Å². The summed E-state index contributed by atoms with van der Waals surface area (Å²) in [5, 5.41) is 13.0. The molecule has 1 fully saturated rings. The lowest BCUT2D eigenvalue weighted by Crippen LogP contribution is -2.37. The van der Waals surface area contributed by atoms with Gasteiger partial charge in [0.2, 0.25) is 11.2 Å². The number of rotatable bonds is 5. The lowest BCUT2D eigenvalue weighted by molar-refractivity contribution is 0.0380. The van der Waals surface area contributed by atoms with Crippen LogP contribution in [0.5, 0.6) is 6.01 Å². The first kappa shape index (κ1) is 13.3. The number of nitrogens with zero attached hydrogens (tertiary/aromatic N) is 3. The summed E-state index contributed by atoms with van der Waals surface area (Å²) in [4.78, 5) is 11.7. The summed E-state index contributed by atoms with van der Waals surface area (Å²) in [6.07, 6.45) is 0.580. The normalized spacial score (nSPS) is 23.1. The van der Waals surface area contributed by atoms with Gasteiger partial charge in [0.15, 0.2) is 0 Å². The van der Waals surface area contributed by atoms with Crippen LogP contribution in [0.2, 0.25) is 5.28 Å². The second-order valence-electron chi connectivity index (χ2n) is 4.02. The molecule has 18 heavy (non-hydrogen) atoms. The Kier molecular flexibility index (Phi) is 4.15. The highest BCUT2D eigenvalue weighted by molar-refractivity contribution is 6.28. The first-order valence-electron chi connectivity index (χ1n) is 5.70. The van der Waals surface area contributed by atoms with Crippen molar-refractivity contribution in [2.45, 2.75) is 18.9 Å². The van der Waals surface area contributed by atoms with Crippen LogP contribution in [-0.4, -0.2) is 52.0 Å². The van der Waals surface area contributed by atoms with Crippen molar-refractivity contribution in [3.8, 4) is 6.01 Å². The minimum Gasteiger partial charge on any atom is -0.464 e. The zero-order valence-electron chi connectivity index (χ0n) is 10.0. The molecule has 100 valence electrons. The molecule has 2 heterocycles. The van der Waals surface area contributed by atoms with Crippen LogP contribution in [0.1, 0.15) is 13.3 Å². The maximum absolute atomic E-state index is 10.1. The Bertz CT molecular complexity index is 412. The van der Waals surface area contributed by atoms with Gasteiger partial charge in [-0.1, -0.05) is 0 Å². The van der Waals surface area contributed by atoms with Crippen LogP contribution in [0.15, 0.2) is 0 Å². The quantitative estimate of drug-likeness (QED) is 0.807. The zero-order chi connectivity index (χ0) is 13.0. The van der Waals surface area contributed by atoms with Crippen molar-refractivity contribution in [1.82, 2.24) is 15.0 Å². The van der Waals surface area contributed by atoms with Gasteiger partial charge in [0.1, 0.15) is 5.60 Å². The second-order valence-corrected chi connectivity index (χ2v) is 4.36. The summed E-state index contributed by atoms with van der Waals surface area (Å²) < 4.78 is 10.3. The molecule has 0 aromatic carbocycles. The molecule has 8 heteroatoms. The molecule has 1 aromatic heterocycles. The highest BCUT2D eigenvalue weighted by Gasteiger charge is 2.32. The molecule has 7 nitrogen and oxygen atoms in total. The number of aromatic nitrogens is 3. The molecule has 1 aliphatic heterocycles. The Morgan fingerprint density at radius 2 is 2.33 bits per heavy atom. The van der Waals surface area contributed by atoms with E-state index in [-0.39, 0.29) is 17.2 Å². The van der Waals surface area contributed by atoms with Gasteiger partial charge in [0, 0.05) is 19.6 Å². The van der Waals surface area contributed by atoms with E-state index in [1.54, 1.807) is 0 Å². The molecule has 0 bridgehead atoms. The molecule has 1 aliphatic rings. The van der Waals surface area contributed by atoms with Crippen molar-refractivity contribution in [3.63, 3.8) is 0 Å². The first-order valence-corrected chi connectivity index (χ1v) is 6.07. The van der Waals surface area contributed by atoms with E-state index in [1.807, 2.05) is 6.92 Å². The van der Waals surface area contributed by atoms with Gasteiger partial charge in [-0.25, -0.2) is 0 Å². The van der Waals surface area contributed by atoms with Gasteiger partial charge in [0.25, 0.3) is 0 Å². The highest BCUT2D eigenvalue weighted by atomic mass is 35.5. The van der Waals surface area contributed by atoms with E-state index in [4.69, 9.17) is 21.1 Å². The van der Waals surface area contributed by atoms with Gasteiger partial charge in [-0.2, -0.15) is 15.0 Å². The minimum absolute atomic E-state index is 0.0469. The van der Waals surface area contributed by atoms with Crippen LogP contribution in [-0.2, 0) is 4.74 Å². The summed E-state index contributed by atoms with van der Waals surface area (Å²) in [6, 6.07) is 0.162. The summed E-state index contributed by atoms with van der Waals surface area (Å²) in [5.41, 5.74) is -0.884. The third-order valence-electron chi connectivity index (χ3n) is 2.52. The van der Waals surface area contributed by atoms with Crippen LogP contribution in [0, 0.1) is 0 Å². The van der Waals surface area contributed by atoms with Gasteiger partial charge in [-0.05, 0) is 18.5 Å². The molecular weight excluding hydrogens is 260 g/mol. The zero-order valence-corrected chi connectivity index (χ0v) is 10.8. The van der Waals surface area contributed by atoms with Crippen molar-refractivity contribution >= 4 is 17.5 Å². The number of hydrogen-bond acceptors (Lipinski definition) is 7. The van der Waals surface area contributed by atoms with Crippen LogP contribution in [0.4, 0.5) is 5.95 Å². The van der Waals surface area contributed by atoms with Crippen LogP contribution < -0.4 is 10.1 Å². The predicted octanol–water partition coefficient (Wildman–Crippen LogP) is 0.487. The highest BCUT2D eigenvalue weighted by Crippen LogP contribution is 2.19. The van der Waals surface area contributed by atoms with E-state index < -0.39 is 5.60 Å². The fourth-order valence-corrected chi connectivity index (χ4v) is 1.74. The van der Waals surface area contributed by atoms with Gasteiger partial charge >= 0.3 is 6.01 Å². The average Bonchev–Trinajstić information content (AvgIpc) is 2.74. The van der Waals surface area contributed by atoms with Gasteiger partial charge in [-0.15, -0.1) is 0 Å². The van der Waals surface area contributed by atoms with E-state index in [0.29, 0.717) is 32.8 Å². The molecule has 2 rings (SSSR count). The number of ether oxygens (including phenoxy) is 2. The molecule has 0 aliphatic carbocycles. The SMILES string of the molecule is CCOc1nc(Cl)nc(NCC2(O)CCOC2)n1. The summed E-state index contributed by atoms with van der Waals surface area (Å²) in [7, 11) is 0. The third-order valence-corrected chi connectivity index (χ3v) is 2.69. The Morgan fingerprint density at radius 1 is 1.50 bits per heavy atom. The lowest BCUT2D eigenvalue weighted by Gasteiger charge is -2.20.